The third kappa shape index (κ3) is 3.90. The Morgan fingerprint density at radius 1 is 1.19 bits per heavy atom. The number of aliphatic hydroxyl groups is 1. The highest BCUT2D eigenvalue weighted by Gasteiger charge is 2.48. The van der Waals surface area contributed by atoms with Crippen LogP contribution in [0.4, 0.5) is 9.52 Å². The number of carbonyl (C=O) groups excluding carboxylic acids is 2. The van der Waals surface area contributed by atoms with Crippen molar-refractivity contribution >= 4 is 33.9 Å². The third-order valence-corrected chi connectivity index (χ3v) is 5.69. The molecule has 0 aliphatic carbocycles. The smallest absolute Gasteiger partial charge is 0.301 e. The van der Waals surface area contributed by atoms with E-state index in [9.17, 15) is 19.1 Å². The number of aliphatic hydroxyl groups excluding tert-OH is 1. The van der Waals surface area contributed by atoms with Crippen molar-refractivity contribution in [1.29, 1.82) is 0 Å². The molecule has 4 rings (SSSR count). The van der Waals surface area contributed by atoms with Gasteiger partial charge in [0.15, 0.2) is 0 Å². The summed E-state index contributed by atoms with van der Waals surface area (Å²) < 4.78 is 19.0. The number of carbonyl (C=O) groups is 2. The zero-order valence-corrected chi connectivity index (χ0v) is 17.8. The minimum absolute atomic E-state index is 0.116. The second-order valence-electron chi connectivity index (χ2n) is 6.95. The Bertz CT molecular complexity index is 1220. The summed E-state index contributed by atoms with van der Waals surface area (Å²) >= 11 is 1.14. The van der Waals surface area contributed by atoms with Gasteiger partial charge in [0.1, 0.15) is 28.9 Å². The number of hydrogen-bond donors (Lipinski definition) is 1. The summed E-state index contributed by atoms with van der Waals surface area (Å²) in [6, 6.07) is 10.8. The molecule has 1 N–H and O–H groups in total. The lowest BCUT2D eigenvalue weighted by molar-refractivity contribution is -0.132. The zero-order valence-electron chi connectivity index (χ0n) is 17.0. The molecule has 32 heavy (non-hydrogen) atoms. The first-order valence-electron chi connectivity index (χ1n) is 9.61. The minimum Gasteiger partial charge on any atom is -0.507 e. The molecular weight excluding hydrogens is 433 g/mol. The van der Waals surface area contributed by atoms with E-state index in [0.29, 0.717) is 28.5 Å². The molecule has 162 valence electrons. The maximum absolute atomic E-state index is 13.6. The van der Waals surface area contributed by atoms with Gasteiger partial charge in [-0.2, -0.15) is 0 Å². The van der Waals surface area contributed by atoms with Crippen molar-refractivity contribution in [3.8, 4) is 5.75 Å². The average Bonchev–Trinajstić information content (AvgIpc) is 3.33. The van der Waals surface area contributed by atoms with E-state index in [-0.39, 0.29) is 16.5 Å². The Morgan fingerprint density at radius 2 is 1.88 bits per heavy atom. The van der Waals surface area contributed by atoms with Gasteiger partial charge < -0.3 is 9.84 Å². The number of Topliss-reactive ketones (excluding diaryl/α,β-unsaturated/α-hetero) is 1. The Balaban J connectivity index is 1.84. The summed E-state index contributed by atoms with van der Waals surface area (Å²) in [4.78, 5) is 27.1. The van der Waals surface area contributed by atoms with Crippen LogP contribution in [0.15, 0.2) is 66.8 Å². The van der Waals surface area contributed by atoms with Crippen LogP contribution in [0, 0.1) is 12.7 Å². The van der Waals surface area contributed by atoms with E-state index in [2.05, 4.69) is 16.8 Å². The number of amides is 1. The highest BCUT2D eigenvalue weighted by Crippen LogP contribution is 2.43. The van der Waals surface area contributed by atoms with E-state index in [0.717, 1.165) is 11.3 Å². The first-order chi connectivity index (χ1) is 15.4. The molecule has 1 aliphatic rings. The minimum atomic E-state index is -0.986. The summed E-state index contributed by atoms with van der Waals surface area (Å²) in [7, 11) is 0. The molecular formula is C23H18FN3O4S. The van der Waals surface area contributed by atoms with Gasteiger partial charge >= 0.3 is 5.91 Å². The van der Waals surface area contributed by atoms with Gasteiger partial charge in [0.2, 0.25) is 5.13 Å². The highest BCUT2D eigenvalue weighted by atomic mass is 32.1. The van der Waals surface area contributed by atoms with Gasteiger partial charge in [0.25, 0.3) is 5.78 Å². The molecule has 2 heterocycles. The van der Waals surface area contributed by atoms with Crippen molar-refractivity contribution in [1.82, 2.24) is 10.2 Å². The van der Waals surface area contributed by atoms with E-state index in [4.69, 9.17) is 4.74 Å². The summed E-state index contributed by atoms with van der Waals surface area (Å²) in [6.45, 7) is 5.63. The Kier molecular flexibility index (Phi) is 5.83. The van der Waals surface area contributed by atoms with E-state index >= 15 is 0 Å². The number of anilines is 1. The molecule has 1 fully saturated rings. The maximum atomic E-state index is 13.6. The fourth-order valence-electron chi connectivity index (χ4n) is 3.39. The van der Waals surface area contributed by atoms with Gasteiger partial charge in [0, 0.05) is 5.56 Å². The van der Waals surface area contributed by atoms with Crippen LogP contribution >= 0.6 is 11.3 Å². The molecule has 0 spiro atoms. The molecule has 3 aromatic rings. The Labute approximate surface area is 187 Å². The van der Waals surface area contributed by atoms with Crippen LogP contribution in [0.2, 0.25) is 0 Å². The van der Waals surface area contributed by atoms with Gasteiger partial charge in [-0.05, 0) is 48.9 Å². The number of nitrogens with zero attached hydrogens (tertiary/aromatic N) is 3. The zero-order chi connectivity index (χ0) is 22.8. The van der Waals surface area contributed by atoms with Gasteiger partial charge in [-0.3, -0.25) is 14.5 Å². The topological polar surface area (TPSA) is 92.6 Å². The molecule has 1 aliphatic heterocycles. The number of ether oxygens (including phenoxy) is 1. The first kappa shape index (κ1) is 21.4. The molecule has 1 unspecified atom stereocenters. The lowest BCUT2D eigenvalue weighted by Gasteiger charge is -2.22. The van der Waals surface area contributed by atoms with Crippen molar-refractivity contribution in [2.24, 2.45) is 0 Å². The molecule has 7 nitrogen and oxygen atoms in total. The van der Waals surface area contributed by atoms with Gasteiger partial charge in [-0.15, -0.1) is 10.2 Å². The summed E-state index contributed by atoms with van der Waals surface area (Å²) in [6.07, 6.45) is 1.60. The van der Waals surface area contributed by atoms with Crippen LogP contribution in [0.5, 0.6) is 5.75 Å². The summed E-state index contributed by atoms with van der Waals surface area (Å²) in [5.74, 6) is -1.97. The second kappa shape index (κ2) is 8.72. The molecule has 1 aromatic heterocycles. The van der Waals surface area contributed by atoms with Crippen LogP contribution in [0.25, 0.3) is 5.76 Å². The van der Waals surface area contributed by atoms with Crippen LogP contribution in [-0.4, -0.2) is 33.6 Å². The van der Waals surface area contributed by atoms with E-state index in [1.54, 1.807) is 37.3 Å². The summed E-state index contributed by atoms with van der Waals surface area (Å²) in [5, 5.41) is 19.8. The van der Waals surface area contributed by atoms with Gasteiger partial charge in [0.05, 0.1) is 11.6 Å². The Hall–Kier alpha value is -3.85. The maximum Gasteiger partial charge on any atom is 0.301 e. The predicted molar refractivity (Wildman–Crippen MR) is 118 cm³/mol. The van der Waals surface area contributed by atoms with Crippen molar-refractivity contribution in [2.75, 3.05) is 11.5 Å². The molecule has 9 heteroatoms. The molecule has 2 aromatic carbocycles. The van der Waals surface area contributed by atoms with Gasteiger partial charge in [-0.1, -0.05) is 36.1 Å². The van der Waals surface area contributed by atoms with Crippen LogP contribution in [0.1, 0.15) is 22.2 Å². The van der Waals surface area contributed by atoms with Gasteiger partial charge in [-0.25, -0.2) is 4.39 Å². The first-order valence-corrected chi connectivity index (χ1v) is 10.4. The Morgan fingerprint density at radius 3 is 2.47 bits per heavy atom. The fourth-order valence-corrected chi connectivity index (χ4v) is 4.11. The number of aryl methyl sites for hydroxylation is 1. The predicted octanol–water partition coefficient (Wildman–Crippen LogP) is 4.18. The van der Waals surface area contributed by atoms with Crippen molar-refractivity contribution < 1.29 is 23.8 Å². The highest BCUT2D eigenvalue weighted by molar-refractivity contribution is 7.15. The number of benzene rings is 2. The molecule has 1 amide bonds. The standard InChI is InChI=1S/C23H18FN3O4S/c1-3-12-31-17-10-6-15(7-11-17)20(28)18-19(14-4-8-16(24)9-5-14)27(22(30)21(18)29)23-26-25-13(2)32-23/h3-11,19,28H,1,12H2,2H3/b20-18-. The average molecular weight is 451 g/mol. The molecule has 0 saturated carbocycles. The molecule has 1 atom stereocenters. The van der Waals surface area contributed by atoms with Crippen molar-refractivity contribution in [3.05, 3.63) is 88.7 Å². The van der Waals surface area contributed by atoms with Crippen LogP contribution < -0.4 is 9.64 Å². The quantitative estimate of drug-likeness (QED) is 0.262. The second-order valence-corrected chi connectivity index (χ2v) is 8.11. The summed E-state index contributed by atoms with van der Waals surface area (Å²) in [5.41, 5.74) is 0.662. The van der Waals surface area contributed by atoms with Crippen molar-refractivity contribution in [2.45, 2.75) is 13.0 Å². The number of aromatic nitrogens is 2. The fraction of sp³-hybridized carbons (Fsp3) is 0.130. The van der Waals surface area contributed by atoms with Crippen molar-refractivity contribution in [3.63, 3.8) is 0 Å². The van der Waals surface area contributed by atoms with E-state index in [1.165, 1.54) is 29.2 Å². The third-order valence-electron chi connectivity index (χ3n) is 4.85. The van der Waals surface area contributed by atoms with E-state index < -0.39 is 23.5 Å². The van der Waals surface area contributed by atoms with E-state index in [1.807, 2.05) is 0 Å². The lowest BCUT2D eigenvalue weighted by atomic mass is 9.95. The number of halogens is 1. The molecule has 0 bridgehead atoms. The van der Waals surface area contributed by atoms with Crippen LogP contribution in [-0.2, 0) is 9.59 Å². The largest absolute Gasteiger partial charge is 0.507 e. The normalized spacial score (nSPS) is 17.6. The number of rotatable bonds is 6. The molecule has 0 radical (unpaired) electrons. The lowest BCUT2D eigenvalue weighted by Crippen LogP contribution is -2.29. The molecule has 1 saturated heterocycles. The SMILES string of the molecule is C=CCOc1ccc(/C(O)=C2/C(=O)C(=O)N(c3nnc(C)s3)C2c2ccc(F)cc2)cc1. The number of hydrogen-bond acceptors (Lipinski definition) is 7. The monoisotopic (exact) mass is 451 g/mol. The number of ketones is 1. The van der Waals surface area contributed by atoms with Crippen LogP contribution in [0.3, 0.4) is 0 Å².